The minimum atomic E-state index is 0.747. The second-order valence-corrected chi connectivity index (χ2v) is 5.45. The predicted molar refractivity (Wildman–Crippen MR) is 73.3 cm³/mol. The summed E-state index contributed by atoms with van der Waals surface area (Å²) in [6.45, 7) is 3.50. The molecule has 4 heteroatoms. The number of ether oxygens (including phenoxy) is 1. The van der Waals surface area contributed by atoms with Crippen molar-refractivity contribution < 1.29 is 4.74 Å². The summed E-state index contributed by atoms with van der Waals surface area (Å²) < 4.78 is 6.86. The van der Waals surface area contributed by atoms with Crippen molar-refractivity contribution in [3.05, 3.63) is 27.7 Å². The molecule has 1 aromatic carbocycles. The average molecular weight is 299 g/mol. The standard InChI is InChI=1S/C13H19BrN2O/c1-16(5-2-4-15)9-11-8-12(14)7-10-3-6-17-13(10)11/h7-8H,2-6,9,15H2,1H3. The lowest BCUT2D eigenvalue weighted by molar-refractivity contribution is 0.308. The van der Waals surface area contributed by atoms with E-state index in [1.54, 1.807) is 0 Å². The third kappa shape index (κ3) is 3.21. The van der Waals surface area contributed by atoms with Gasteiger partial charge in [-0.1, -0.05) is 15.9 Å². The molecule has 0 saturated carbocycles. The number of halogens is 1. The van der Waals surface area contributed by atoms with Crippen LogP contribution in [0.2, 0.25) is 0 Å². The highest BCUT2D eigenvalue weighted by Crippen LogP contribution is 2.33. The van der Waals surface area contributed by atoms with Crippen molar-refractivity contribution in [1.29, 1.82) is 0 Å². The number of benzene rings is 1. The molecular formula is C13H19BrN2O. The molecule has 0 unspecified atom stereocenters. The highest BCUT2D eigenvalue weighted by Gasteiger charge is 2.18. The number of nitrogens with two attached hydrogens (primary N) is 1. The van der Waals surface area contributed by atoms with Crippen LogP contribution in [0.5, 0.6) is 5.75 Å². The van der Waals surface area contributed by atoms with Crippen LogP contribution < -0.4 is 10.5 Å². The Bertz CT molecular complexity index is 395. The topological polar surface area (TPSA) is 38.5 Å². The molecule has 0 amide bonds. The van der Waals surface area contributed by atoms with Crippen LogP contribution in [0, 0.1) is 0 Å². The van der Waals surface area contributed by atoms with E-state index in [0.717, 1.165) is 49.3 Å². The van der Waals surface area contributed by atoms with Crippen LogP contribution in [-0.2, 0) is 13.0 Å². The first kappa shape index (κ1) is 12.9. The molecule has 0 saturated heterocycles. The first-order chi connectivity index (χ1) is 8.20. The van der Waals surface area contributed by atoms with Crippen LogP contribution in [-0.4, -0.2) is 31.6 Å². The van der Waals surface area contributed by atoms with Gasteiger partial charge in [0.05, 0.1) is 6.61 Å². The Labute approximate surface area is 111 Å². The van der Waals surface area contributed by atoms with Crippen LogP contribution in [0.4, 0.5) is 0 Å². The van der Waals surface area contributed by atoms with E-state index < -0.39 is 0 Å². The summed E-state index contributed by atoms with van der Waals surface area (Å²) in [6, 6.07) is 4.31. The highest BCUT2D eigenvalue weighted by molar-refractivity contribution is 9.10. The van der Waals surface area contributed by atoms with Crippen molar-refractivity contribution in [1.82, 2.24) is 4.90 Å². The molecule has 1 heterocycles. The maximum atomic E-state index is 5.72. The SMILES string of the molecule is CN(CCCN)Cc1cc(Br)cc2c1OCC2. The number of hydrogen-bond acceptors (Lipinski definition) is 3. The summed E-state index contributed by atoms with van der Waals surface area (Å²) >= 11 is 3.56. The first-order valence-electron chi connectivity index (χ1n) is 6.03. The second kappa shape index (κ2) is 5.85. The molecular weight excluding hydrogens is 280 g/mol. The summed E-state index contributed by atoms with van der Waals surface area (Å²) in [5.74, 6) is 1.09. The van der Waals surface area contributed by atoms with Crippen LogP contribution in [0.3, 0.4) is 0 Å². The van der Waals surface area contributed by atoms with Crippen molar-refractivity contribution in [2.24, 2.45) is 5.73 Å². The van der Waals surface area contributed by atoms with Gasteiger partial charge in [0.25, 0.3) is 0 Å². The highest BCUT2D eigenvalue weighted by atomic mass is 79.9. The summed E-state index contributed by atoms with van der Waals surface area (Å²) in [7, 11) is 2.12. The maximum absolute atomic E-state index is 5.72. The molecule has 0 fully saturated rings. The lowest BCUT2D eigenvalue weighted by Gasteiger charge is -2.18. The van der Waals surface area contributed by atoms with Crippen LogP contribution in [0.25, 0.3) is 0 Å². The molecule has 0 atom stereocenters. The molecule has 0 spiro atoms. The maximum Gasteiger partial charge on any atom is 0.127 e. The van der Waals surface area contributed by atoms with Gasteiger partial charge in [0.15, 0.2) is 0 Å². The number of hydrogen-bond donors (Lipinski definition) is 1. The fourth-order valence-corrected chi connectivity index (χ4v) is 2.75. The Morgan fingerprint density at radius 2 is 2.29 bits per heavy atom. The average Bonchev–Trinajstić information content (AvgIpc) is 2.74. The first-order valence-corrected chi connectivity index (χ1v) is 6.82. The Morgan fingerprint density at radius 1 is 1.47 bits per heavy atom. The largest absolute Gasteiger partial charge is 0.493 e. The molecule has 1 aliphatic heterocycles. The monoisotopic (exact) mass is 298 g/mol. The van der Waals surface area contributed by atoms with E-state index in [9.17, 15) is 0 Å². The molecule has 1 aromatic rings. The summed E-state index contributed by atoms with van der Waals surface area (Å²) in [4.78, 5) is 2.29. The van der Waals surface area contributed by atoms with E-state index in [2.05, 4.69) is 40.0 Å². The van der Waals surface area contributed by atoms with Gasteiger partial charge in [-0.15, -0.1) is 0 Å². The zero-order chi connectivity index (χ0) is 12.3. The van der Waals surface area contributed by atoms with E-state index in [0.29, 0.717) is 0 Å². The Morgan fingerprint density at radius 3 is 3.06 bits per heavy atom. The summed E-state index contributed by atoms with van der Waals surface area (Å²) in [5, 5.41) is 0. The smallest absolute Gasteiger partial charge is 0.127 e. The van der Waals surface area contributed by atoms with E-state index in [-0.39, 0.29) is 0 Å². The lowest BCUT2D eigenvalue weighted by atomic mass is 10.1. The predicted octanol–water partition coefficient (Wildman–Crippen LogP) is 2.16. The van der Waals surface area contributed by atoms with Gasteiger partial charge in [0.2, 0.25) is 0 Å². The van der Waals surface area contributed by atoms with Crippen molar-refractivity contribution in [2.45, 2.75) is 19.4 Å². The fraction of sp³-hybridized carbons (Fsp3) is 0.538. The van der Waals surface area contributed by atoms with E-state index >= 15 is 0 Å². The molecule has 0 aromatic heterocycles. The normalized spacial score (nSPS) is 13.9. The molecule has 0 aliphatic carbocycles. The zero-order valence-corrected chi connectivity index (χ0v) is 11.8. The molecule has 0 bridgehead atoms. The molecule has 17 heavy (non-hydrogen) atoms. The Balaban J connectivity index is 2.10. The van der Waals surface area contributed by atoms with Gasteiger partial charge in [-0.25, -0.2) is 0 Å². The fourth-order valence-electron chi connectivity index (χ4n) is 2.19. The second-order valence-electron chi connectivity index (χ2n) is 4.53. The van der Waals surface area contributed by atoms with Gasteiger partial charge in [-0.3, -0.25) is 0 Å². The number of rotatable bonds is 5. The summed E-state index contributed by atoms with van der Waals surface area (Å²) in [6.07, 6.45) is 2.06. The third-order valence-corrected chi connectivity index (χ3v) is 3.47. The van der Waals surface area contributed by atoms with Gasteiger partial charge >= 0.3 is 0 Å². The van der Waals surface area contributed by atoms with Crippen molar-refractivity contribution >= 4 is 15.9 Å². The van der Waals surface area contributed by atoms with Crippen molar-refractivity contribution in [3.8, 4) is 5.75 Å². The van der Waals surface area contributed by atoms with Crippen molar-refractivity contribution in [2.75, 3.05) is 26.7 Å². The van der Waals surface area contributed by atoms with Crippen LogP contribution >= 0.6 is 15.9 Å². The zero-order valence-electron chi connectivity index (χ0n) is 10.2. The molecule has 2 rings (SSSR count). The van der Waals surface area contributed by atoms with E-state index in [1.807, 2.05) is 0 Å². The lowest BCUT2D eigenvalue weighted by Crippen LogP contribution is -2.21. The van der Waals surface area contributed by atoms with Gasteiger partial charge < -0.3 is 15.4 Å². The molecule has 1 aliphatic rings. The van der Waals surface area contributed by atoms with E-state index in [1.165, 1.54) is 11.1 Å². The van der Waals surface area contributed by atoms with Gasteiger partial charge in [-0.2, -0.15) is 0 Å². The molecule has 94 valence electrons. The number of fused-ring (bicyclic) bond motifs is 1. The van der Waals surface area contributed by atoms with Crippen molar-refractivity contribution in [3.63, 3.8) is 0 Å². The summed E-state index contributed by atoms with van der Waals surface area (Å²) in [5.41, 5.74) is 8.12. The van der Waals surface area contributed by atoms with Gasteiger partial charge in [-0.05, 0) is 44.3 Å². The van der Waals surface area contributed by atoms with E-state index in [4.69, 9.17) is 10.5 Å². The minimum absolute atomic E-state index is 0.747. The van der Waals surface area contributed by atoms with Crippen LogP contribution in [0.15, 0.2) is 16.6 Å². The third-order valence-electron chi connectivity index (χ3n) is 3.01. The molecule has 3 nitrogen and oxygen atoms in total. The Hall–Kier alpha value is -0.580. The van der Waals surface area contributed by atoms with Gasteiger partial charge in [0, 0.05) is 23.0 Å². The molecule has 2 N–H and O–H groups in total. The molecule has 0 radical (unpaired) electrons. The Kier molecular flexibility index (Phi) is 4.42. The van der Waals surface area contributed by atoms with Gasteiger partial charge in [0.1, 0.15) is 5.75 Å². The number of nitrogens with zero attached hydrogens (tertiary/aromatic N) is 1. The minimum Gasteiger partial charge on any atom is -0.493 e. The quantitative estimate of drug-likeness (QED) is 0.905. The van der Waals surface area contributed by atoms with Crippen LogP contribution in [0.1, 0.15) is 17.5 Å².